The SMILES string of the molecule is CCCC(=O)Nc1nc2n(n1)[C@H](c1ccccc1)C=C(c1ccc(Cl)cc1)N2. The number of halogens is 1. The van der Waals surface area contributed by atoms with Crippen molar-refractivity contribution < 1.29 is 4.79 Å². The molecule has 28 heavy (non-hydrogen) atoms. The fourth-order valence-electron chi connectivity index (χ4n) is 3.15. The van der Waals surface area contributed by atoms with Crippen molar-refractivity contribution in [1.29, 1.82) is 0 Å². The molecule has 2 N–H and O–H groups in total. The molecule has 0 radical (unpaired) electrons. The minimum absolute atomic E-state index is 0.0902. The minimum atomic E-state index is -0.146. The molecule has 0 saturated heterocycles. The standard InChI is InChI=1S/C21H20ClN5O/c1-2-6-19(28)24-20-25-21-23-17(14-9-11-16(22)12-10-14)13-18(27(21)26-20)15-7-4-3-5-8-15/h3-5,7-13,18H,2,6H2,1H3,(H2,23,24,25,26,28)/t18-/m0/s1. The van der Waals surface area contributed by atoms with E-state index in [1.807, 2.05) is 61.5 Å². The maximum Gasteiger partial charge on any atom is 0.250 e. The maximum absolute atomic E-state index is 11.9. The zero-order valence-electron chi connectivity index (χ0n) is 15.4. The molecule has 1 aromatic heterocycles. The number of nitrogens with one attached hydrogen (secondary N) is 2. The smallest absolute Gasteiger partial charge is 0.250 e. The highest BCUT2D eigenvalue weighted by Gasteiger charge is 2.25. The molecule has 2 heterocycles. The van der Waals surface area contributed by atoms with Crippen molar-refractivity contribution in [2.75, 3.05) is 10.6 Å². The van der Waals surface area contributed by atoms with Gasteiger partial charge >= 0.3 is 0 Å². The van der Waals surface area contributed by atoms with E-state index in [2.05, 4.69) is 26.8 Å². The summed E-state index contributed by atoms with van der Waals surface area (Å²) >= 11 is 6.03. The largest absolute Gasteiger partial charge is 0.324 e. The Morgan fingerprint density at radius 3 is 2.64 bits per heavy atom. The number of rotatable bonds is 5. The van der Waals surface area contributed by atoms with Gasteiger partial charge in [-0.25, -0.2) is 4.68 Å². The first-order valence-corrected chi connectivity index (χ1v) is 9.58. The number of carbonyl (C=O) groups is 1. The van der Waals surface area contributed by atoms with Crippen molar-refractivity contribution in [3.05, 3.63) is 76.8 Å². The number of allylic oxidation sites excluding steroid dienone is 1. The van der Waals surface area contributed by atoms with Crippen LogP contribution in [0.25, 0.3) is 5.70 Å². The molecule has 2 aromatic carbocycles. The van der Waals surface area contributed by atoms with Gasteiger partial charge in [0.05, 0.1) is 0 Å². The predicted molar refractivity (Wildman–Crippen MR) is 111 cm³/mol. The molecule has 0 aliphatic carbocycles. The van der Waals surface area contributed by atoms with E-state index in [-0.39, 0.29) is 11.9 Å². The molecule has 4 rings (SSSR count). The number of nitrogens with zero attached hydrogens (tertiary/aromatic N) is 3. The summed E-state index contributed by atoms with van der Waals surface area (Å²) in [7, 11) is 0. The third-order valence-corrected chi connectivity index (χ3v) is 4.74. The van der Waals surface area contributed by atoms with Gasteiger partial charge in [0.25, 0.3) is 5.95 Å². The monoisotopic (exact) mass is 393 g/mol. The average molecular weight is 394 g/mol. The number of benzene rings is 2. The molecule has 0 unspecified atom stereocenters. The average Bonchev–Trinajstić information content (AvgIpc) is 3.10. The van der Waals surface area contributed by atoms with Crippen LogP contribution in [0.5, 0.6) is 0 Å². The van der Waals surface area contributed by atoms with Crippen LogP contribution in [0.15, 0.2) is 60.7 Å². The second-order valence-corrected chi connectivity index (χ2v) is 7.01. The number of carbonyl (C=O) groups excluding carboxylic acids is 1. The van der Waals surface area contributed by atoms with Gasteiger partial charge < -0.3 is 5.32 Å². The van der Waals surface area contributed by atoms with Crippen molar-refractivity contribution >= 4 is 35.1 Å². The highest BCUT2D eigenvalue weighted by atomic mass is 35.5. The van der Waals surface area contributed by atoms with Gasteiger partial charge in [-0.3, -0.25) is 10.1 Å². The van der Waals surface area contributed by atoms with E-state index < -0.39 is 0 Å². The fraction of sp³-hybridized carbons (Fsp3) is 0.190. The summed E-state index contributed by atoms with van der Waals surface area (Å²) in [5, 5.41) is 11.3. The Morgan fingerprint density at radius 1 is 1.18 bits per heavy atom. The molecule has 1 aliphatic heterocycles. The van der Waals surface area contributed by atoms with Crippen LogP contribution < -0.4 is 10.6 Å². The van der Waals surface area contributed by atoms with E-state index in [4.69, 9.17) is 11.6 Å². The molecule has 7 heteroatoms. The van der Waals surface area contributed by atoms with Crippen LogP contribution in [0.1, 0.15) is 36.9 Å². The van der Waals surface area contributed by atoms with Crippen molar-refractivity contribution in [2.45, 2.75) is 25.8 Å². The molecule has 0 fully saturated rings. The summed E-state index contributed by atoms with van der Waals surface area (Å²) in [5.74, 6) is 0.785. The summed E-state index contributed by atoms with van der Waals surface area (Å²) in [5.41, 5.74) is 2.99. The van der Waals surface area contributed by atoms with Gasteiger partial charge in [-0.15, -0.1) is 5.10 Å². The molecule has 1 atom stereocenters. The van der Waals surface area contributed by atoms with Gasteiger partial charge in [-0.1, -0.05) is 61.0 Å². The summed E-state index contributed by atoms with van der Waals surface area (Å²) in [6, 6.07) is 17.5. The third-order valence-electron chi connectivity index (χ3n) is 4.49. The Morgan fingerprint density at radius 2 is 1.93 bits per heavy atom. The van der Waals surface area contributed by atoms with Gasteiger partial charge in [0.15, 0.2) is 0 Å². The Bertz CT molecular complexity index is 1010. The van der Waals surface area contributed by atoms with Crippen LogP contribution in [-0.4, -0.2) is 20.7 Å². The molecular formula is C21H20ClN5O. The Balaban J connectivity index is 1.72. The number of hydrogen-bond donors (Lipinski definition) is 2. The summed E-state index contributed by atoms with van der Waals surface area (Å²) in [4.78, 5) is 16.4. The topological polar surface area (TPSA) is 71.8 Å². The number of amides is 1. The van der Waals surface area contributed by atoms with Gasteiger partial charge in [-0.05, 0) is 35.8 Å². The number of aromatic nitrogens is 3. The van der Waals surface area contributed by atoms with Crippen LogP contribution in [0.2, 0.25) is 5.02 Å². The van der Waals surface area contributed by atoms with Crippen molar-refractivity contribution in [1.82, 2.24) is 14.8 Å². The normalized spacial score (nSPS) is 15.4. The lowest BCUT2D eigenvalue weighted by Crippen LogP contribution is -2.20. The van der Waals surface area contributed by atoms with Crippen molar-refractivity contribution in [3.63, 3.8) is 0 Å². The molecule has 1 aliphatic rings. The van der Waals surface area contributed by atoms with Gasteiger partial charge in [-0.2, -0.15) is 4.98 Å². The zero-order valence-corrected chi connectivity index (χ0v) is 16.1. The van der Waals surface area contributed by atoms with E-state index in [9.17, 15) is 4.79 Å². The van der Waals surface area contributed by atoms with Crippen LogP contribution in [0.3, 0.4) is 0 Å². The third kappa shape index (κ3) is 3.77. The van der Waals surface area contributed by atoms with Gasteiger partial charge in [0, 0.05) is 17.1 Å². The van der Waals surface area contributed by atoms with Crippen LogP contribution in [0.4, 0.5) is 11.9 Å². The summed E-state index contributed by atoms with van der Waals surface area (Å²) in [6.45, 7) is 1.96. The van der Waals surface area contributed by atoms with E-state index in [1.54, 1.807) is 4.68 Å². The molecule has 0 saturated carbocycles. The first-order chi connectivity index (χ1) is 13.6. The first-order valence-electron chi connectivity index (χ1n) is 9.20. The lowest BCUT2D eigenvalue weighted by atomic mass is 10.0. The Labute approximate surface area is 168 Å². The summed E-state index contributed by atoms with van der Waals surface area (Å²) in [6.07, 6.45) is 3.30. The quantitative estimate of drug-likeness (QED) is 0.657. The van der Waals surface area contributed by atoms with E-state index in [0.29, 0.717) is 23.3 Å². The van der Waals surface area contributed by atoms with Gasteiger partial charge in [0.1, 0.15) is 6.04 Å². The predicted octanol–water partition coefficient (Wildman–Crippen LogP) is 4.73. The maximum atomic E-state index is 11.9. The van der Waals surface area contributed by atoms with Crippen molar-refractivity contribution in [2.24, 2.45) is 0 Å². The fourth-order valence-corrected chi connectivity index (χ4v) is 3.27. The minimum Gasteiger partial charge on any atom is -0.324 e. The van der Waals surface area contributed by atoms with E-state index in [1.165, 1.54) is 0 Å². The van der Waals surface area contributed by atoms with Crippen LogP contribution in [0, 0.1) is 0 Å². The second kappa shape index (κ2) is 7.86. The Kier molecular flexibility index (Phi) is 5.12. The van der Waals surface area contributed by atoms with Crippen LogP contribution in [-0.2, 0) is 4.79 Å². The van der Waals surface area contributed by atoms with Crippen LogP contribution >= 0.6 is 11.6 Å². The van der Waals surface area contributed by atoms with E-state index >= 15 is 0 Å². The van der Waals surface area contributed by atoms with Gasteiger partial charge in [0.2, 0.25) is 11.9 Å². The molecule has 142 valence electrons. The number of hydrogen-bond acceptors (Lipinski definition) is 4. The summed E-state index contributed by atoms with van der Waals surface area (Å²) < 4.78 is 1.79. The molecule has 3 aromatic rings. The van der Waals surface area contributed by atoms with E-state index in [0.717, 1.165) is 23.2 Å². The molecule has 1 amide bonds. The number of fused-ring (bicyclic) bond motifs is 1. The van der Waals surface area contributed by atoms with Crippen molar-refractivity contribution in [3.8, 4) is 0 Å². The second-order valence-electron chi connectivity index (χ2n) is 6.57. The molecule has 6 nitrogen and oxygen atoms in total. The molecule has 0 spiro atoms. The zero-order chi connectivity index (χ0) is 19.5. The molecular weight excluding hydrogens is 374 g/mol. The highest BCUT2D eigenvalue weighted by molar-refractivity contribution is 6.30. The first kappa shape index (κ1) is 18.3. The lowest BCUT2D eigenvalue weighted by molar-refractivity contribution is -0.116. The highest BCUT2D eigenvalue weighted by Crippen LogP contribution is 2.33. The Hall–Kier alpha value is -3.12. The molecule has 0 bridgehead atoms. The lowest BCUT2D eigenvalue weighted by Gasteiger charge is -2.24. The number of anilines is 2.